The van der Waals surface area contributed by atoms with Gasteiger partial charge < -0.3 is 10.1 Å². The molecule has 4 nitrogen and oxygen atoms in total. The molecule has 2 fully saturated rings. The molecule has 1 aromatic rings. The van der Waals surface area contributed by atoms with Crippen LogP contribution in [0.2, 0.25) is 0 Å². The van der Waals surface area contributed by atoms with Gasteiger partial charge in [-0.15, -0.1) is 0 Å². The second-order valence-corrected chi connectivity index (χ2v) is 6.07. The van der Waals surface area contributed by atoms with Crippen molar-refractivity contribution in [3.8, 4) is 0 Å². The quantitative estimate of drug-likeness (QED) is 0.670. The zero-order valence-electron chi connectivity index (χ0n) is 12.8. The Morgan fingerprint density at radius 2 is 1.87 bits per heavy atom. The second-order valence-electron chi connectivity index (χ2n) is 6.07. The number of nitrogens with zero attached hydrogens (tertiary/aromatic N) is 3. The molecule has 0 aromatic heterocycles. The number of rotatable bonds is 2. The third-order valence-electron chi connectivity index (χ3n) is 4.72. The van der Waals surface area contributed by atoms with Crippen LogP contribution in [0.25, 0.3) is 0 Å². The maximum atomic E-state index is 12.8. The predicted molar refractivity (Wildman–Crippen MR) is 82.1 cm³/mol. The number of hydrogen-bond acceptors (Lipinski definition) is 4. The monoisotopic (exact) mass is 327 g/mol. The van der Waals surface area contributed by atoms with Crippen molar-refractivity contribution in [3.63, 3.8) is 0 Å². The van der Waals surface area contributed by atoms with Gasteiger partial charge in [-0.25, -0.2) is 0 Å². The van der Waals surface area contributed by atoms with Crippen LogP contribution in [-0.4, -0.2) is 48.0 Å². The Balaban J connectivity index is 1.65. The molecule has 1 unspecified atom stereocenters. The summed E-state index contributed by atoms with van der Waals surface area (Å²) in [6.07, 6.45) is -1.47. The Labute approximate surface area is 133 Å². The van der Waals surface area contributed by atoms with Gasteiger partial charge in [-0.05, 0) is 37.5 Å². The maximum absolute atomic E-state index is 12.8. The molecule has 2 aliphatic rings. The minimum atomic E-state index is -4.31. The number of hydrogen-bond donors (Lipinski definition) is 1. The van der Waals surface area contributed by atoms with Crippen molar-refractivity contribution in [2.75, 3.05) is 31.1 Å². The second kappa shape index (κ2) is 6.39. The Bertz CT molecular complexity index is 580. The van der Waals surface area contributed by atoms with Gasteiger partial charge in [-0.1, -0.05) is 11.2 Å². The molecule has 1 aliphatic carbocycles. The first-order chi connectivity index (χ1) is 11.0. The topological polar surface area (TPSA) is 39.1 Å². The van der Waals surface area contributed by atoms with Crippen molar-refractivity contribution >= 4 is 11.4 Å². The Kier molecular flexibility index (Phi) is 4.48. The van der Waals surface area contributed by atoms with Gasteiger partial charge in [0.15, 0.2) is 0 Å². The number of alkyl halides is 3. The van der Waals surface area contributed by atoms with Crippen molar-refractivity contribution in [2.45, 2.75) is 31.5 Å². The highest BCUT2D eigenvalue weighted by Gasteiger charge is 2.33. The summed E-state index contributed by atoms with van der Waals surface area (Å²) in [4.78, 5) is 4.25. The van der Waals surface area contributed by atoms with Crippen LogP contribution < -0.4 is 4.90 Å². The van der Waals surface area contributed by atoms with Crippen molar-refractivity contribution in [3.05, 3.63) is 29.8 Å². The molecule has 3 rings (SSSR count). The van der Waals surface area contributed by atoms with E-state index >= 15 is 0 Å². The van der Waals surface area contributed by atoms with Crippen LogP contribution in [-0.2, 0) is 6.18 Å². The summed E-state index contributed by atoms with van der Waals surface area (Å²) in [7, 11) is 0. The number of anilines is 1. The fourth-order valence-electron chi connectivity index (χ4n) is 3.49. The van der Waals surface area contributed by atoms with E-state index < -0.39 is 11.7 Å². The molecule has 23 heavy (non-hydrogen) atoms. The molecule has 0 radical (unpaired) electrons. The Morgan fingerprint density at radius 1 is 1.13 bits per heavy atom. The largest absolute Gasteiger partial charge is 0.416 e. The van der Waals surface area contributed by atoms with E-state index in [9.17, 15) is 13.2 Å². The lowest BCUT2D eigenvalue weighted by atomic mass is 10.1. The van der Waals surface area contributed by atoms with E-state index in [1.807, 2.05) is 4.90 Å². The van der Waals surface area contributed by atoms with Crippen molar-refractivity contribution in [2.24, 2.45) is 5.16 Å². The average Bonchev–Trinajstić information content (AvgIpc) is 3.03. The van der Waals surface area contributed by atoms with Gasteiger partial charge in [0.2, 0.25) is 0 Å². The fourth-order valence-corrected chi connectivity index (χ4v) is 3.49. The first kappa shape index (κ1) is 16.1. The summed E-state index contributed by atoms with van der Waals surface area (Å²) in [5.74, 6) is 0. The van der Waals surface area contributed by atoms with Crippen LogP contribution in [0.15, 0.2) is 29.4 Å². The van der Waals surface area contributed by atoms with E-state index in [0.717, 1.165) is 44.1 Å². The van der Waals surface area contributed by atoms with E-state index in [1.54, 1.807) is 6.07 Å². The minimum Gasteiger partial charge on any atom is -0.411 e. The van der Waals surface area contributed by atoms with Gasteiger partial charge in [0, 0.05) is 31.9 Å². The molecule has 1 saturated heterocycles. The summed E-state index contributed by atoms with van der Waals surface area (Å²) >= 11 is 0. The molecule has 126 valence electrons. The molecule has 1 aromatic carbocycles. The first-order valence-corrected chi connectivity index (χ1v) is 7.86. The van der Waals surface area contributed by atoms with Gasteiger partial charge in [0.1, 0.15) is 0 Å². The summed E-state index contributed by atoms with van der Waals surface area (Å²) in [6.45, 7) is 2.88. The van der Waals surface area contributed by atoms with Gasteiger partial charge in [-0.2, -0.15) is 13.2 Å². The molecule has 1 aliphatic heterocycles. The average molecular weight is 327 g/mol. The highest BCUT2D eigenvalue weighted by atomic mass is 19.4. The van der Waals surface area contributed by atoms with E-state index in [1.165, 1.54) is 12.1 Å². The van der Waals surface area contributed by atoms with E-state index in [4.69, 9.17) is 5.21 Å². The number of benzene rings is 1. The Morgan fingerprint density at radius 3 is 2.52 bits per heavy atom. The first-order valence-electron chi connectivity index (χ1n) is 7.86. The van der Waals surface area contributed by atoms with Crippen molar-refractivity contribution in [1.29, 1.82) is 0 Å². The molecular weight excluding hydrogens is 307 g/mol. The van der Waals surface area contributed by atoms with E-state index in [2.05, 4.69) is 10.1 Å². The Hall–Kier alpha value is -1.76. The highest BCUT2D eigenvalue weighted by molar-refractivity contribution is 5.90. The van der Waals surface area contributed by atoms with Crippen LogP contribution in [0.1, 0.15) is 24.8 Å². The normalized spacial score (nSPS) is 25.3. The van der Waals surface area contributed by atoms with E-state index in [-0.39, 0.29) is 6.04 Å². The molecule has 0 bridgehead atoms. The van der Waals surface area contributed by atoms with Crippen molar-refractivity contribution in [1.82, 2.24) is 4.90 Å². The number of halogens is 3. The zero-order chi connectivity index (χ0) is 16.4. The molecule has 1 atom stereocenters. The van der Waals surface area contributed by atoms with Crippen LogP contribution in [0, 0.1) is 0 Å². The zero-order valence-corrected chi connectivity index (χ0v) is 12.8. The van der Waals surface area contributed by atoms with Gasteiger partial charge in [-0.3, -0.25) is 4.90 Å². The SMILES string of the molecule is ON=C1CCCC1N1CCN(c2cccc(C(F)(F)F)c2)CC1. The molecule has 0 amide bonds. The summed E-state index contributed by atoms with van der Waals surface area (Å²) < 4.78 is 38.5. The molecule has 1 heterocycles. The lowest BCUT2D eigenvalue weighted by molar-refractivity contribution is -0.137. The fraction of sp³-hybridized carbons (Fsp3) is 0.562. The summed E-state index contributed by atoms with van der Waals surface area (Å²) in [6, 6.07) is 5.68. The molecule has 7 heteroatoms. The third-order valence-corrected chi connectivity index (χ3v) is 4.72. The van der Waals surface area contributed by atoms with Gasteiger partial charge >= 0.3 is 6.18 Å². The maximum Gasteiger partial charge on any atom is 0.416 e. The molecule has 1 saturated carbocycles. The lowest BCUT2D eigenvalue weighted by Gasteiger charge is -2.39. The van der Waals surface area contributed by atoms with Crippen LogP contribution in [0.5, 0.6) is 0 Å². The number of oxime groups is 1. The molecular formula is C16H20F3N3O. The van der Waals surface area contributed by atoms with Crippen LogP contribution in [0.3, 0.4) is 0 Å². The highest BCUT2D eigenvalue weighted by Crippen LogP contribution is 2.32. The summed E-state index contributed by atoms with van der Waals surface area (Å²) in [5, 5.41) is 12.4. The molecule has 0 spiro atoms. The smallest absolute Gasteiger partial charge is 0.411 e. The lowest BCUT2D eigenvalue weighted by Crippen LogP contribution is -2.51. The van der Waals surface area contributed by atoms with Gasteiger partial charge in [0.05, 0.1) is 17.3 Å². The van der Waals surface area contributed by atoms with E-state index in [0.29, 0.717) is 18.8 Å². The number of piperazine rings is 1. The molecule has 1 N–H and O–H groups in total. The van der Waals surface area contributed by atoms with Crippen molar-refractivity contribution < 1.29 is 18.4 Å². The predicted octanol–water partition coefficient (Wildman–Crippen LogP) is 3.21. The summed E-state index contributed by atoms with van der Waals surface area (Å²) in [5.41, 5.74) is 0.836. The van der Waals surface area contributed by atoms with Crippen LogP contribution in [0.4, 0.5) is 18.9 Å². The van der Waals surface area contributed by atoms with Gasteiger partial charge in [0.25, 0.3) is 0 Å². The standard InChI is InChI=1S/C16H20F3N3O/c17-16(18,19)12-3-1-4-13(11-12)21-7-9-22(10-8-21)15-6-2-5-14(15)20-23/h1,3-4,11,15,23H,2,5-10H2. The minimum absolute atomic E-state index is 0.184. The van der Waals surface area contributed by atoms with Crippen LogP contribution >= 0.6 is 0 Å². The third kappa shape index (κ3) is 3.44.